The molecule has 27 heavy (non-hydrogen) atoms. The number of ether oxygens (including phenoxy) is 2. The lowest BCUT2D eigenvalue weighted by molar-refractivity contribution is 0.270. The molecule has 0 aliphatic rings. The third-order valence-electron chi connectivity index (χ3n) is 3.64. The summed E-state index contributed by atoms with van der Waals surface area (Å²) in [5, 5.41) is 32.3. The van der Waals surface area contributed by atoms with Crippen LogP contribution in [0.2, 0.25) is 0 Å². The minimum absolute atomic E-state index is 0.0915. The van der Waals surface area contributed by atoms with Gasteiger partial charge in [0.2, 0.25) is 0 Å². The molecule has 0 saturated carbocycles. The minimum atomic E-state index is -0.190. The third-order valence-corrected chi connectivity index (χ3v) is 4.23. The summed E-state index contributed by atoms with van der Waals surface area (Å²) in [6.45, 7) is 2.24. The Morgan fingerprint density at radius 1 is 1.44 bits per heavy atom. The van der Waals surface area contributed by atoms with Crippen LogP contribution in [0.4, 0.5) is 5.82 Å². The number of aliphatic hydroxyl groups excluding tert-OH is 1. The highest BCUT2D eigenvalue weighted by Crippen LogP contribution is 2.37. The van der Waals surface area contributed by atoms with E-state index in [1.54, 1.807) is 18.2 Å². The van der Waals surface area contributed by atoms with Gasteiger partial charge in [0.1, 0.15) is 29.2 Å². The predicted molar refractivity (Wildman–Crippen MR) is 104 cm³/mol. The molecule has 1 heterocycles. The van der Waals surface area contributed by atoms with Crippen LogP contribution >= 0.6 is 15.9 Å². The first-order chi connectivity index (χ1) is 13.0. The third kappa shape index (κ3) is 4.22. The molecule has 0 radical (unpaired) electrons. The number of nitrogens with two attached hydrogens (primary N) is 1. The van der Waals surface area contributed by atoms with E-state index in [2.05, 4.69) is 27.1 Å². The molecule has 0 amide bonds. The standard InChI is InChI=1S/C18H18BrN5O3/c1-3-27-15-8-11(7-14(19)17(15)26-2)6-12(9-20)16-13(10-21)18(22)24(23-16)4-5-25/h6-8,25H,3-5,22H2,1-2H3/b12-6+. The molecular weight excluding hydrogens is 414 g/mol. The molecule has 2 rings (SSSR count). The van der Waals surface area contributed by atoms with Crippen molar-refractivity contribution >= 4 is 33.4 Å². The van der Waals surface area contributed by atoms with Crippen molar-refractivity contribution in [2.24, 2.45) is 0 Å². The van der Waals surface area contributed by atoms with E-state index in [1.807, 2.05) is 13.0 Å². The molecule has 1 aromatic heterocycles. The maximum Gasteiger partial charge on any atom is 0.174 e. The Hall–Kier alpha value is -3.01. The highest BCUT2D eigenvalue weighted by molar-refractivity contribution is 9.10. The van der Waals surface area contributed by atoms with E-state index in [-0.39, 0.29) is 35.8 Å². The van der Waals surface area contributed by atoms with Crippen molar-refractivity contribution in [1.29, 1.82) is 10.5 Å². The van der Waals surface area contributed by atoms with Gasteiger partial charge in [-0.25, -0.2) is 4.68 Å². The summed E-state index contributed by atoms with van der Waals surface area (Å²) in [7, 11) is 1.54. The molecule has 0 fully saturated rings. The van der Waals surface area contributed by atoms with Crippen molar-refractivity contribution in [3.63, 3.8) is 0 Å². The number of benzene rings is 1. The van der Waals surface area contributed by atoms with Gasteiger partial charge in [0.25, 0.3) is 0 Å². The molecule has 0 aliphatic carbocycles. The summed E-state index contributed by atoms with van der Waals surface area (Å²) in [6, 6.07) is 7.51. The number of halogens is 1. The number of methoxy groups -OCH3 is 1. The van der Waals surface area contributed by atoms with Gasteiger partial charge in [-0.05, 0) is 46.6 Å². The second kappa shape index (κ2) is 9.08. The molecular formula is C18H18BrN5O3. The number of hydrogen-bond acceptors (Lipinski definition) is 7. The number of rotatable bonds is 7. The Labute approximate surface area is 165 Å². The quantitative estimate of drug-likeness (QED) is 0.643. The Balaban J connectivity index is 2.59. The van der Waals surface area contributed by atoms with Gasteiger partial charge in [0, 0.05) is 0 Å². The SMILES string of the molecule is CCOc1cc(/C=C(\C#N)c2nn(CCO)c(N)c2C#N)cc(Br)c1OC. The van der Waals surface area contributed by atoms with E-state index < -0.39 is 0 Å². The Bertz CT molecular complexity index is 953. The van der Waals surface area contributed by atoms with Crippen LogP contribution in [0.15, 0.2) is 16.6 Å². The number of nitrogens with zero attached hydrogens (tertiary/aromatic N) is 4. The van der Waals surface area contributed by atoms with Crippen LogP contribution in [0.3, 0.4) is 0 Å². The first-order valence-electron chi connectivity index (χ1n) is 8.00. The fraction of sp³-hybridized carbons (Fsp3) is 0.278. The molecule has 0 saturated heterocycles. The van der Waals surface area contributed by atoms with Crippen LogP contribution in [-0.2, 0) is 6.54 Å². The van der Waals surface area contributed by atoms with Gasteiger partial charge in [-0.3, -0.25) is 0 Å². The van der Waals surface area contributed by atoms with Crippen LogP contribution in [0.1, 0.15) is 23.7 Å². The fourth-order valence-corrected chi connectivity index (χ4v) is 3.11. The van der Waals surface area contributed by atoms with Gasteiger partial charge in [0.05, 0.1) is 36.9 Å². The number of allylic oxidation sites excluding steroid dienone is 1. The summed E-state index contributed by atoms with van der Waals surface area (Å²) in [5.74, 6) is 1.17. The summed E-state index contributed by atoms with van der Waals surface area (Å²) >= 11 is 3.42. The molecule has 0 spiro atoms. The molecule has 9 heteroatoms. The van der Waals surface area contributed by atoms with Gasteiger partial charge >= 0.3 is 0 Å². The zero-order chi connectivity index (χ0) is 20.0. The summed E-state index contributed by atoms with van der Waals surface area (Å²) in [5.41, 5.74) is 6.97. The van der Waals surface area contributed by atoms with Crippen LogP contribution in [-0.4, -0.2) is 35.2 Å². The van der Waals surface area contributed by atoms with Crippen molar-refractivity contribution in [1.82, 2.24) is 9.78 Å². The van der Waals surface area contributed by atoms with E-state index in [9.17, 15) is 10.5 Å². The largest absolute Gasteiger partial charge is 0.492 e. The Kier molecular flexibility index (Phi) is 6.83. The van der Waals surface area contributed by atoms with E-state index in [0.29, 0.717) is 28.1 Å². The normalized spacial score (nSPS) is 11.0. The van der Waals surface area contributed by atoms with E-state index in [0.717, 1.165) is 0 Å². The van der Waals surface area contributed by atoms with Crippen molar-refractivity contribution < 1.29 is 14.6 Å². The summed E-state index contributed by atoms with van der Waals surface area (Å²) in [4.78, 5) is 0. The van der Waals surface area contributed by atoms with Gasteiger partial charge in [-0.1, -0.05) is 0 Å². The van der Waals surface area contributed by atoms with E-state index in [4.69, 9.17) is 20.3 Å². The minimum Gasteiger partial charge on any atom is -0.492 e. The highest BCUT2D eigenvalue weighted by atomic mass is 79.9. The lowest BCUT2D eigenvalue weighted by atomic mass is 10.1. The Morgan fingerprint density at radius 2 is 2.19 bits per heavy atom. The molecule has 0 atom stereocenters. The molecule has 0 bridgehead atoms. The first kappa shape index (κ1) is 20.3. The van der Waals surface area contributed by atoms with Crippen LogP contribution in [0.25, 0.3) is 11.6 Å². The van der Waals surface area contributed by atoms with Crippen LogP contribution in [0.5, 0.6) is 11.5 Å². The van der Waals surface area contributed by atoms with Crippen molar-refractivity contribution in [2.75, 3.05) is 26.1 Å². The highest BCUT2D eigenvalue weighted by Gasteiger charge is 2.19. The first-order valence-corrected chi connectivity index (χ1v) is 8.79. The lowest BCUT2D eigenvalue weighted by Crippen LogP contribution is -2.07. The van der Waals surface area contributed by atoms with E-state index >= 15 is 0 Å². The number of aromatic nitrogens is 2. The number of nitriles is 2. The maximum atomic E-state index is 9.60. The molecule has 1 aromatic carbocycles. The molecule has 140 valence electrons. The second-order valence-electron chi connectivity index (χ2n) is 5.30. The fourth-order valence-electron chi connectivity index (χ4n) is 2.49. The topological polar surface area (TPSA) is 130 Å². The van der Waals surface area contributed by atoms with Gasteiger partial charge in [-0.2, -0.15) is 15.6 Å². The van der Waals surface area contributed by atoms with Crippen LogP contribution in [0, 0.1) is 22.7 Å². The van der Waals surface area contributed by atoms with Crippen molar-refractivity contribution in [3.8, 4) is 23.6 Å². The van der Waals surface area contributed by atoms with Crippen LogP contribution < -0.4 is 15.2 Å². The summed E-state index contributed by atoms with van der Waals surface area (Å²) in [6.07, 6.45) is 1.58. The van der Waals surface area contributed by atoms with Gasteiger partial charge in [-0.15, -0.1) is 0 Å². The average Bonchev–Trinajstić information content (AvgIpc) is 2.95. The van der Waals surface area contributed by atoms with Crippen molar-refractivity contribution in [2.45, 2.75) is 13.5 Å². The number of aliphatic hydroxyl groups is 1. The zero-order valence-electron chi connectivity index (χ0n) is 14.9. The molecule has 0 unspecified atom stereocenters. The molecule has 2 aromatic rings. The maximum absolute atomic E-state index is 9.60. The number of hydrogen-bond donors (Lipinski definition) is 2. The van der Waals surface area contributed by atoms with Gasteiger partial charge in [0.15, 0.2) is 11.5 Å². The molecule has 0 aliphatic heterocycles. The monoisotopic (exact) mass is 431 g/mol. The average molecular weight is 432 g/mol. The zero-order valence-corrected chi connectivity index (χ0v) is 16.4. The summed E-state index contributed by atoms with van der Waals surface area (Å²) < 4.78 is 12.9. The predicted octanol–water partition coefficient (Wildman–Crippen LogP) is 2.56. The van der Waals surface area contributed by atoms with Gasteiger partial charge < -0.3 is 20.3 Å². The Morgan fingerprint density at radius 3 is 2.74 bits per heavy atom. The molecule has 3 N–H and O–H groups in total. The lowest BCUT2D eigenvalue weighted by Gasteiger charge is -2.12. The number of nitrogen functional groups attached to an aromatic ring is 1. The van der Waals surface area contributed by atoms with Crippen molar-refractivity contribution in [3.05, 3.63) is 33.4 Å². The second-order valence-corrected chi connectivity index (χ2v) is 6.16. The molecule has 8 nitrogen and oxygen atoms in total. The smallest absolute Gasteiger partial charge is 0.174 e. The number of anilines is 1. The van der Waals surface area contributed by atoms with E-state index in [1.165, 1.54) is 11.8 Å².